The third-order valence-electron chi connectivity index (χ3n) is 6.86. The number of rotatable bonds is 7. The summed E-state index contributed by atoms with van der Waals surface area (Å²) in [5.74, 6) is 1.25. The molecule has 1 unspecified atom stereocenters. The number of thiazole rings is 1. The minimum Gasteiger partial charge on any atom is -0.493 e. The van der Waals surface area contributed by atoms with Gasteiger partial charge in [0.25, 0.3) is 5.56 Å². The lowest BCUT2D eigenvalue weighted by molar-refractivity contribution is -0.115. The Hall–Kier alpha value is -4.11. The van der Waals surface area contributed by atoms with Crippen LogP contribution in [-0.4, -0.2) is 36.2 Å². The number of hydrogen-bond acceptors (Lipinski definition) is 7. The van der Waals surface area contributed by atoms with Crippen LogP contribution in [0, 0.1) is 0 Å². The lowest BCUT2D eigenvalue weighted by Crippen LogP contribution is -2.39. The molecule has 5 rings (SSSR count). The maximum absolute atomic E-state index is 14.0. The Balaban J connectivity index is 1.79. The number of carbonyl (C=O) groups is 1. The number of ether oxygens (including phenoxy) is 3. The lowest BCUT2D eigenvalue weighted by atomic mass is 9.91. The quantitative estimate of drug-likeness (QED) is 0.363. The molecule has 1 atom stereocenters. The van der Waals surface area contributed by atoms with E-state index in [0.29, 0.717) is 43.4 Å². The predicted octanol–water partition coefficient (Wildman–Crippen LogP) is 3.73. The first-order valence-corrected chi connectivity index (χ1v) is 13.0. The smallest absolute Gasteiger partial charge is 0.271 e. The standard InChI is InChI=1S/C29H29N3O5S/c1-7-21(33)25-16(2)30-29-32(26(25)17-12-22(35-4)27(37-6)23(13-17)36-5)28(34)24(38-29)14-18-15-31(3)20-11-9-8-10-19(18)20/h8-15,26H,7H2,1-6H3/b24-14+. The van der Waals surface area contributed by atoms with Crippen molar-refractivity contribution < 1.29 is 19.0 Å². The number of benzene rings is 2. The summed E-state index contributed by atoms with van der Waals surface area (Å²) in [6.45, 7) is 3.62. The lowest BCUT2D eigenvalue weighted by Gasteiger charge is -2.26. The molecule has 1 aliphatic rings. The number of aryl methyl sites for hydroxylation is 1. The van der Waals surface area contributed by atoms with Gasteiger partial charge in [-0.25, -0.2) is 4.99 Å². The molecule has 0 N–H and O–H groups in total. The van der Waals surface area contributed by atoms with Crippen molar-refractivity contribution in [3.05, 3.63) is 84.7 Å². The molecule has 8 nitrogen and oxygen atoms in total. The molecule has 2 aromatic carbocycles. The van der Waals surface area contributed by atoms with Crippen LogP contribution in [-0.2, 0) is 11.8 Å². The number of carbonyl (C=O) groups excluding carboxylic acids is 1. The van der Waals surface area contributed by atoms with Crippen molar-refractivity contribution >= 4 is 34.1 Å². The first-order valence-electron chi connectivity index (χ1n) is 12.2. The second-order valence-corrected chi connectivity index (χ2v) is 10.0. The fraction of sp³-hybridized carbons (Fsp3) is 0.276. The monoisotopic (exact) mass is 531 g/mol. The Morgan fingerprint density at radius 3 is 2.42 bits per heavy atom. The number of nitrogens with zero attached hydrogens (tertiary/aromatic N) is 3. The summed E-state index contributed by atoms with van der Waals surface area (Å²) in [7, 11) is 6.59. The number of Topliss-reactive ketones (excluding diaryl/α,β-unsaturated/α-hetero) is 1. The van der Waals surface area contributed by atoms with E-state index in [-0.39, 0.29) is 17.8 Å². The Bertz CT molecular complexity index is 1770. The predicted molar refractivity (Wildman–Crippen MR) is 148 cm³/mol. The molecule has 196 valence electrons. The van der Waals surface area contributed by atoms with E-state index in [1.54, 1.807) is 23.6 Å². The van der Waals surface area contributed by atoms with Crippen molar-refractivity contribution in [3.63, 3.8) is 0 Å². The van der Waals surface area contributed by atoms with Crippen molar-refractivity contribution in [2.45, 2.75) is 26.3 Å². The van der Waals surface area contributed by atoms with Gasteiger partial charge in [0.2, 0.25) is 5.75 Å². The van der Waals surface area contributed by atoms with Crippen molar-refractivity contribution in [2.24, 2.45) is 12.0 Å². The Morgan fingerprint density at radius 2 is 1.79 bits per heavy atom. The van der Waals surface area contributed by atoms with Gasteiger partial charge < -0.3 is 18.8 Å². The summed E-state index contributed by atoms with van der Waals surface area (Å²) >= 11 is 1.31. The Kier molecular flexibility index (Phi) is 6.71. The van der Waals surface area contributed by atoms with Crippen LogP contribution >= 0.6 is 11.3 Å². The zero-order valence-electron chi connectivity index (χ0n) is 22.2. The van der Waals surface area contributed by atoms with Crippen LogP contribution in [0.3, 0.4) is 0 Å². The fourth-order valence-corrected chi connectivity index (χ4v) is 6.11. The van der Waals surface area contributed by atoms with Crippen molar-refractivity contribution in [3.8, 4) is 17.2 Å². The largest absolute Gasteiger partial charge is 0.493 e. The van der Waals surface area contributed by atoms with E-state index in [1.165, 1.54) is 32.7 Å². The summed E-state index contributed by atoms with van der Waals surface area (Å²) in [5.41, 5.74) is 3.55. The van der Waals surface area contributed by atoms with Crippen LogP contribution < -0.4 is 29.1 Å². The zero-order valence-corrected chi connectivity index (χ0v) is 23.0. The molecule has 0 fully saturated rings. The molecule has 1 aliphatic heterocycles. The Labute approximate surface area is 223 Å². The van der Waals surface area contributed by atoms with Crippen molar-refractivity contribution in [1.82, 2.24) is 9.13 Å². The van der Waals surface area contributed by atoms with E-state index in [9.17, 15) is 9.59 Å². The van der Waals surface area contributed by atoms with E-state index in [1.807, 2.05) is 55.1 Å². The van der Waals surface area contributed by atoms with Crippen LogP contribution in [0.15, 0.2) is 63.7 Å². The SMILES string of the molecule is CCC(=O)C1=C(C)N=c2s/c(=C/c3cn(C)c4ccccc34)c(=O)n2C1c1cc(OC)c(OC)c(OC)c1. The van der Waals surface area contributed by atoms with Gasteiger partial charge in [-0.15, -0.1) is 0 Å². The molecule has 0 bridgehead atoms. The molecule has 0 amide bonds. The third kappa shape index (κ3) is 4.03. The highest BCUT2D eigenvalue weighted by Crippen LogP contribution is 2.42. The summed E-state index contributed by atoms with van der Waals surface area (Å²) in [6, 6.07) is 10.9. The minimum atomic E-state index is -0.693. The van der Waals surface area contributed by atoms with Gasteiger partial charge in [0, 0.05) is 47.4 Å². The Morgan fingerprint density at radius 1 is 1.11 bits per heavy atom. The van der Waals surface area contributed by atoms with Crippen molar-refractivity contribution in [2.75, 3.05) is 21.3 Å². The number of fused-ring (bicyclic) bond motifs is 2. The minimum absolute atomic E-state index is 0.0756. The van der Waals surface area contributed by atoms with E-state index in [2.05, 4.69) is 0 Å². The van der Waals surface area contributed by atoms with Crippen LogP contribution in [0.2, 0.25) is 0 Å². The number of ketones is 1. The van der Waals surface area contributed by atoms with Crippen LogP contribution in [0.4, 0.5) is 0 Å². The highest BCUT2D eigenvalue weighted by Gasteiger charge is 2.33. The molecule has 0 saturated heterocycles. The molecule has 4 aromatic rings. The molecular weight excluding hydrogens is 502 g/mol. The molecule has 0 radical (unpaired) electrons. The van der Waals surface area contributed by atoms with Gasteiger partial charge in [-0.1, -0.05) is 36.5 Å². The molecule has 0 saturated carbocycles. The highest BCUT2D eigenvalue weighted by atomic mass is 32.1. The van der Waals surface area contributed by atoms with Gasteiger partial charge >= 0.3 is 0 Å². The molecule has 9 heteroatoms. The fourth-order valence-electron chi connectivity index (χ4n) is 5.07. The number of para-hydroxylation sites is 1. The van der Waals surface area contributed by atoms with E-state index in [0.717, 1.165) is 16.5 Å². The average molecular weight is 532 g/mol. The normalized spacial score (nSPS) is 15.4. The number of hydrogen-bond donors (Lipinski definition) is 0. The second-order valence-electron chi connectivity index (χ2n) is 9.03. The van der Waals surface area contributed by atoms with E-state index in [4.69, 9.17) is 19.2 Å². The van der Waals surface area contributed by atoms with Gasteiger partial charge in [0.05, 0.1) is 31.9 Å². The van der Waals surface area contributed by atoms with E-state index >= 15 is 0 Å². The van der Waals surface area contributed by atoms with E-state index < -0.39 is 6.04 Å². The zero-order chi connectivity index (χ0) is 27.1. The first kappa shape index (κ1) is 25.5. The summed E-state index contributed by atoms with van der Waals surface area (Å²) in [4.78, 5) is 32.5. The van der Waals surface area contributed by atoms with Gasteiger partial charge in [-0.05, 0) is 36.8 Å². The summed E-state index contributed by atoms with van der Waals surface area (Å²) in [5, 5.41) is 1.06. The summed E-state index contributed by atoms with van der Waals surface area (Å²) in [6.07, 6.45) is 4.20. The highest BCUT2D eigenvalue weighted by molar-refractivity contribution is 7.07. The van der Waals surface area contributed by atoms with Crippen LogP contribution in [0.25, 0.3) is 17.0 Å². The second kappa shape index (κ2) is 9.98. The molecule has 38 heavy (non-hydrogen) atoms. The number of allylic oxidation sites excluding steroid dienone is 2. The maximum atomic E-state index is 14.0. The first-order chi connectivity index (χ1) is 18.3. The van der Waals surface area contributed by atoms with Gasteiger partial charge in [-0.2, -0.15) is 0 Å². The van der Waals surface area contributed by atoms with Gasteiger partial charge in [-0.3, -0.25) is 14.2 Å². The molecule has 2 aromatic heterocycles. The average Bonchev–Trinajstić information content (AvgIpc) is 3.41. The van der Waals surface area contributed by atoms with Gasteiger partial charge in [0.1, 0.15) is 0 Å². The third-order valence-corrected chi connectivity index (χ3v) is 7.84. The number of aromatic nitrogens is 2. The van der Waals surface area contributed by atoms with Crippen LogP contribution in [0.5, 0.6) is 17.2 Å². The number of methoxy groups -OCH3 is 3. The van der Waals surface area contributed by atoms with Gasteiger partial charge in [0.15, 0.2) is 22.1 Å². The summed E-state index contributed by atoms with van der Waals surface area (Å²) < 4.78 is 20.8. The molecule has 0 spiro atoms. The van der Waals surface area contributed by atoms with Crippen molar-refractivity contribution in [1.29, 1.82) is 0 Å². The maximum Gasteiger partial charge on any atom is 0.271 e. The molecular formula is C29H29N3O5S. The molecule has 0 aliphatic carbocycles. The topological polar surface area (TPSA) is 84.1 Å². The molecule has 3 heterocycles. The van der Waals surface area contributed by atoms with Crippen LogP contribution in [0.1, 0.15) is 37.4 Å².